The first-order chi connectivity index (χ1) is 18.9. The third-order valence-corrected chi connectivity index (χ3v) is 10.6. The van der Waals surface area contributed by atoms with Crippen molar-refractivity contribution in [1.29, 1.82) is 0 Å². The zero-order valence-electron chi connectivity index (χ0n) is 28.3. The summed E-state index contributed by atoms with van der Waals surface area (Å²) in [5.41, 5.74) is 8.71. The number of phenols is 2. The highest BCUT2D eigenvalue weighted by molar-refractivity contribution is 5.91. The van der Waals surface area contributed by atoms with Gasteiger partial charge in [0.05, 0.1) is 0 Å². The molecule has 0 unspecified atom stereocenters. The molecule has 0 bridgehead atoms. The maximum Gasteiger partial charge on any atom is 0.127 e. The fourth-order valence-corrected chi connectivity index (χ4v) is 5.52. The Morgan fingerprint density at radius 3 is 1.32 bits per heavy atom. The minimum absolute atomic E-state index is 0.0451. The van der Waals surface area contributed by atoms with E-state index in [-0.39, 0.29) is 21.7 Å². The lowest BCUT2D eigenvalue weighted by Gasteiger charge is -2.32. The second-order valence-electron chi connectivity index (χ2n) is 14.8. The van der Waals surface area contributed by atoms with Crippen molar-refractivity contribution in [3.05, 3.63) is 70.3 Å². The SMILES string of the molecule is CCC(C)(C)c1cc(-c2cccc(C)c2-c2cc(C(C)(C)CC)cc(C(C)(C)CC)c2O)c(O)c(C(C)(C)CC)c1. The van der Waals surface area contributed by atoms with Crippen molar-refractivity contribution >= 4 is 0 Å². The number of aryl methyl sites for hydroxylation is 1. The molecular weight excluding hydrogens is 500 g/mol. The summed E-state index contributed by atoms with van der Waals surface area (Å²) in [7, 11) is 0. The molecule has 0 spiro atoms. The molecule has 2 heteroatoms. The van der Waals surface area contributed by atoms with Gasteiger partial charge in [-0.25, -0.2) is 0 Å². The van der Waals surface area contributed by atoms with Gasteiger partial charge in [-0.1, -0.05) is 113 Å². The average Bonchev–Trinajstić information content (AvgIpc) is 2.92. The van der Waals surface area contributed by atoms with E-state index in [1.165, 1.54) is 11.1 Å². The molecule has 0 aliphatic rings. The van der Waals surface area contributed by atoms with Crippen LogP contribution in [0.15, 0.2) is 42.5 Å². The Balaban J connectivity index is 2.54. The zero-order valence-corrected chi connectivity index (χ0v) is 28.3. The number of hydrogen-bond acceptors (Lipinski definition) is 2. The van der Waals surface area contributed by atoms with Crippen LogP contribution in [-0.4, -0.2) is 10.2 Å². The molecule has 0 radical (unpaired) electrons. The molecule has 0 amide bonds. The predicted molar refractivity (Wildman–Crippen MR) is 179 cm³/mol. The van der Waals surface area contributed by atoms with Gasteiger partial charge in [-0.3, -0.25) is 0 Å². The molecule has 0 fully saturated rings. The molecule has 3 aromatic rings. The Hall–Kier alpha value is -2.74. The molecule has 0 aliphatic carbocycles. The van der Waals surface area contributed by atoms with Gasteiger partial charge in [0.15, 0.2) is 0 Å². The first-order valence-electron chi connectivity index (χ1n) is 15.7. The minimum atomic E-state index is -0.187. The van der Waals surface area contributed by atoms with E-state index in [0.29, 0.717) is 11.5 Å². The van der Waals surface area contributed by atoms with Gasteiger partial charge in [0.1, 0.15) is 11.5 Å². The molecule has 0 aromatic heterocycles. The normalized spacial score (nSPS) is 13.1. The van der Waals surface area contributed by atoms with Gasteiger partial charge < -0.3 is 10.2 Å². The van der Waals surface area contributed by atoms with Crippen LogP contribution in [0.2, 0.25) is 0 Å². The number of aromatic hydroxyl groups is 2. The Kier molecular flexibility index (Phi) is 9.19. The molecule has 0 saturated carbocycles. The van der Waals surface area contributed by atoms with E-state index >= 15 is 0 Å². The minimum Gasteiger partial charge on any atom is -0.507 e. The van der Waals surface area contributed by atoms with Crippen LogP contribution in [0.5, 0.6) is 11.5 Å². The Morgan fingerprint density at radius 1 is 0.512 bits per heavy atom. The molecule has 3 aromatic carbocycles. The molecular formula is C39H56O2. The van der Waals surface area contributed by atoms with E-state index < -0.39 is 0 Å². The summed E-state index contributed by atoms with van der Waals surface area (Å²) < 4.78 is 0. The molecule has 0 heterocycles. The number of hydrogen-bond donors (Lipinski definition) is 2. The van der Waals surface area contributed by atoms with Crippen LogP contribution >= 0.6 is 0 Å². The lowest BCUT2D eigenvalue weighted by Crippen LogP contribution is -2.21. The summed E-state index contributed by atoms with van der Waals surface area (Å²) in [6.07, 6.45) is 3.82. The molecule has 0 aliphatic heterocycles. The van der Waals surface area contributed by atoms with Crippen LogP contribution in [-0.2, 0) is 21.7 Å². The number of benzene rings is 3. The number of phenolic OH excluding ortho intramolecular Hbond substituents is 2. The Bertz CT molecular complexity index is 1400. The highest BCUT2D eigenvalue weighted by atomic mass is 16.3. The van der Waals surface area contributed by atoms with E-state index in [2.05, 4.69) is 132 Å². The summed E-state index contributed by atoms with van der Waals surface area (Å²) >= 11 is 0. The number of rotatable bonds is 10. The second-order valence-corrected chi connectivity index (χ2v) is 14.8. The van der Waals surface area contributed by atoms with Gasteiger partial charge in [-0.2, -0.15) is 0 Å². The second kappa shape index (κ2) is 11.5. The van der Waals surface area contributed by atoms with Crippen LogP contribution in [0, 0.1) is 6.92 Å². The highest BCUT2D eigenvalue weighted by Gasteiger charge is 2.32. The van der Waals surface area contributed by atoms with Gasteiger partial charge in [0.25, 0.3) is 0 Å². The summed E-state index contributed by atoms with van der Waals surface area (Å²) in [6, 6.07) is 15.2. The fourth-order valence-electron chi connectivity index (χ4n) is 5.52. The van der Waals surface area contributed by atoms with Crippen molar-refractivity contribution in [3.63, 3.8) is 0 Å². The lowest BCUT2D eigenvalue weighted by atomic mass is 9.73. The van der Waals surface area contributed by atoms with Crippen molar-refractivity contribution in [2.24, 2.45) is 0 Å². The van der Waals surface area contributed by atoms with Gasteiger partial charge in [-0.05, 0) is 94.2 Å². The van der Waals surface area contributed by atoms with E-state index in [9.17, 15) is 10.2 Å². The van der Waals surface area contributed by atoms with Gasteiger partial charge in [0, 0.05) is 22.3 Å². The van der Waals surface area contributed by atoms with Gasteiger partial charge in [0.2, 0.25) is 0 Å². The summed E-state index contributed by atoms with van der Waals surface area (Å²) in [4.78, 5) is 0. The van der Waals surface area contributed by atoms with Crippen molar-refractivity contribution in [3.8, 4) is 33.8 Å². The van der Waals surface area contributed by atoms with Crippen molar-refractivity contribution in [2.75, 3.05) is 0 Å². The molecule has 2 N–H and O–H groups in total. The predicted octanol–water partition coefficient (Wildman–Crippen LogP) is 11.5. The monoisotopic (exact) mass is 556 g/mol. The topological polar surface area (TPSA) is 40.5 Å². The zero-order chi connectivity index (χ0) is 31.1. The standard InChI is InChI=1S/C39H56O2/c1-14-36(6,7)26-21-29(34(40)31(23-26)38(10,11)16-3)28-20-18-19-25(5)33(28)30-22-27(37(8,9)15-2)24-32(35(30)41)39(12,13)17-4/h18-24,40-41H,14-17H2,1-13H3. The lowest BCUT2D eigenvalue weighted by molar-refractivity contribution is 0.425. The first kappa shape index (κ1) is 32.8. The van der Waals surface area contributed by atoms with E-state index in [0.717, 1.165) is 64.6 Å². The highest BCUT2D eigenvalue weighted by Crippen LogP contribution is 2.50. The Labute approximate surface area is 251 Å². The maximum atomic E-state index is 12.0. The van der Waals surface area contributed by atoms with Gasteiger partial charge in [-0.15, -0.1) is 0 Å². The van der Waals surface area contributed by atoms with Crippen molar-refractivity contribution < 1.29 is 10.2 Å². The molecule has 41 heavy (non-hydrogen) atoms. The molecule has 0 saturated heterocycles. The molecule has 0 atom stereocenters. The smallest absolute Gasteiger partial charge is 0.127 e. The fraction of sp³-hybridized carbons (Fsp3) is 0.538. The summed E-state index contributed by atoms with van der Waals surface area (Å²) in [5.74, 6) is 0.694. The van der Waals surface area contributed by atoms with Gasteiger partial charge >= 0.3 is 0 Å². The first-order valence-corrected chi connectivity index (χ1v) is 15.7. The molecule has 3 rings (SSSR count). The van der Waals surface area contributed by atoms with E-state index in [4.69, 9.17) is 0 Å². The van der Waals surface area contributed by atoms with Crippen LogP contribution < -0.4 is 0 Å². The quantitative estimate of drug-likeness (QED) is 0.261. The van der Waals surface area contributed by atoms with Crippen molar-refractivity contribution in [1.82, 2.24) is 0 Å². The third-order valence-electron chi connectivity index (χ3n) is 10.6. The average molecular weight is 557 g/mol. The largest absolute Gasteiger partial charge is 0.507 e. The summed E-state index contributed by atoms with van der Waals surface area (Å²) in [6.45, 7) is 28.9. The molecule has 224 valence electrons. The third kappa shape index (κ3) is 6.08. The maximum absolute atomic E-state index is 12.0. The summed E-state index contributed by atoms with van der Waals surface area (Å²) in [5, 5.41) is 24.0. The van der Waals surface area contributed by atoms with Crippen LogP contribution in [0.25, 0.3) is 22.3 Å². The molecule has 2 nitrogen and oxygen atoms in total. The van der Waals surface area contributed by atoms with Crippen LogP contribution in [0.3, 0.4) is 0 Å². The van der Waals surface area contributed by atoms with Crippen LogP contribution in [0.4, 0.5) is 0 Å². The Morgan fingerprint density at radius 2 is 0.902 bits per heavy atom. The van der Waals surface area contributed by atoms with Crippen molar-refractivity contribution in [2.45, 2.75) is 137 Å². The van der Waals surface area contributed by atoms with E-state index in [1.54, 1.807) is 0 Å². The van der Waals surface area contributed by atoms with Crippen LogP contribution in [0.1, 0.15) is 137 Å². The van der Waals surface area contributed by atoms with E-state index in [1.807, 2.05) is 0 Å².